The molecule has 0 amide bonds. The van der Waals surface area contributed by atoms with E-state index in [2.05, 4.69) is 27.4 Å². The van der Waals surface area contributed by atoms with Crippen molar-refractivity contribution in [3.8, 4) is 0 Å². The maximum atomic E-state index is 5.67. The van der Waals surface area contributed by atoms with Crippen LogP contribution in [0.15, 0.2) is 12.2 Å². The molecule has 0 aliphatic carbocycles. The zero-order valence-electron chi connectivity index (χ0n) is 10.6. The Morgan fingerprint density at radius 2 is 2.13 bits per heavy atom. The van der Waals surface area contributed by atoms with Gasteiger partial charge in [0.15, 0.2) is 0 Å². The van der Waals surface area contributed by atoms with Crippen LogP contribution >= 0.6 is 0 Å². The lowest BCUT2D eigenvalue weighted by molar-refractivity contribution is -0.184. The molecule has 2 unspecified atom stereocenters. The number of hydrogen-bond donors (Lipinski definition) is 0. The topological polar surface area (TPSA) is 9.23 Å². The van der Waals surface area contributed by atoms with E-state index >= 15 is 0 Å². The Balaban J connectivity index is 2.13. The lowest BCUT2D eigenvalue weighted by Gasteiger charge is -2.46. The Labute approximate surface area is 94.9 Å². The van der Waals surface area contributed by atoms with Crippen LogP contribution < -0.4 is 0 Å². The standard InChI is InChI=1S/C14H26O/c1-5-6-7-8-9-12(2)10-14(4)13(3)11-15-14/h13H,2,5-11H2,1,3-4H3. The summed E-state index contributed by atoms with van der Waals surface area (Å²) < 4.78 is 5.67. The maximum Gasteiger partial charge on any atom is 0.0738 e. The van der Waals surface area contributed by atoms with Crippen LogP contribution in [-0.4, -0.2) is 12.2 Å². The van der Waals surface area contributed by atoms with Gasteiger partial charge in [-0.15, -0.1) is 0 Å². The Kier molecular flexibility index (Phi) is 4.85. The van der Waals surface area contributed by atoms with Crippen molar-refractivity contribution >= 4 is 0 Å². The molecule has 0 spiro atoms. The van der Waals surface area contributed by atoms with Gasteiger partial charge in [0.1, 0.15) is 0 Å². The van der Waals surface area contributed by atoms with E-state index in [0.29, 0.717) is 5.92 Å². The molecule has 88 valence electrons. The first-order chi connectivity index (χ1) is 7.08. The molecule has 1 heterocycles. The molecular formula is C14H26O. The summed E-state index contributed by atoms with van der Waals surface area (Å²) in [5, 5.41) is 0. The lowest BCUT2D eigenvalue weighted by Crippen LogP contribution is -2.49. The quantitative estimate of drug-likeness (QED) is 0.449. The van der Waals surface area contributed by atoms with E-state index in [1.54, 1.807) is 0 Å². The van der Waals surface area contributed by atoms with Gasteiger partial charge in [-0.1, -0.05) is 45.3 Å². The van der Waals surface area contributed by atoms with Crippen LogP contribution in [0.1, 0.15) is 59.3 Å². The molecule has 0 aromatic heterocycles. The molecule has 2 atom stereocenters. The third-order valence-electron chi connectivity index (χ3n) is 3.69. The summed E-state index contributed by atoms with van der Waals surface area (Å²) in [6.45, 7) is 11.8. The van der Waals surface area contributed by atoms with Crippen molar-refractivity contribution in [3.63, 3.8) is 0 Å². The summed E-state index contributed by atoms with van der Waals surface area (Å²) in [5.74, 6) is 0.699. The monoisotopic (exact) mass is 210 g/mol. The molecule has 1 aliphatic rings. The Morgan fingerprint density at radius 1 is 1.40 bits per heavy atom. The predicted octanol–water partition coefficient (Wildman–Crippen LogP) is 4.33. The van der Waals surface area contributed by atoms with Crippen molar-refractivity contribution in [2.75, 3.05) is 6.61 Å². The second-order valence-electron chi connectivity index (χ2n) is 5.26. The molecule has 0 bridgehead atoms. The van der Waals surface area contributed by atoms with Gasteiger partial charge in [-0.3, -0.25) is 0 Å². The minimum absolute atomic E-state index is 0.0990. The summed E-state index contributed by atoms with van der Waals surface area (Å²) in [4.78, 5) is 0. The predicted molar refractivity (Wildman–Crippen MR) is 66.0 cm³/mol. The summed E-state index contributed by atoms with van der Waals surface area (Å²) in [6.07, 6.45) is 7.56. The Hall–Kier alpha value is -0.300. The molecule has 0 aromatic carbocycles. The molecule has 0 radical (unpaired) electrons. The van der Waals surface area contributed by atoms with Crippen molar-refractivity contribution in [1.29, 1.82) is 0 Å². The zero-order valence-corrected chi connectivity index (χ0v) is 10.6. The van der Waals surface area contributed by atoms with Gasteiger partial charge >= 0.3 is 0 Å². The second kappa shape index (κ2) is 5.69. The largest absolute Gasteiger partial charge is 0.374 e. The highest BCUT2D eigenvalue weighted by Gasteiger charge is 2.40. The van der Waals surface area contributed by atoms with Gasteiger partial charge in [0, 0.05) is 5.92 Å². The SMILES string of the molecule is C=C(CCCCCC)CC1(C)OCC1C. The van der Waals surface area contributed by atoms with Gasteiger partial charge in [-0.2, -0.15) is 0 Å². The number of ether oxygens (including phenoxy) is 1. The number of hydrogen-bond acceptors (Lipinski definition) is 1. The molecule has 1 nitrogen and oxygen atoms in total. The van der Waals surface area contributed by atoms with E-state index in [4.69, 9.17) is 4.74 Å². The van der Waals surface area contributed by atoms with Crippen LogP contribution in [0.5, 0.6) is 0 Å². The van der Waals surface area contributed by atoms with Crippen LogP contribution in [0, 0.1) is 5.92 Å². The molecule has 1 rings (SSSR count). The molecule has 1 saturated heterocycles. The highest BCUT2D eigenvalue weighted by molar-refractivity contribution is 5.04. The minimum atomic E-state index is 0.0990. The van der Waals surface area contributed by atoms with E-state index in [9.17, 15) is 0 Å². The Bertz CT molecular complexity index is 209. The second-order valence-corrected chi connectivity index (χ2v) is 5.26. The average molecular weight is 210 g/mol. The fraction of sp³-hybridized carbons (Fsp3) is 0.857. The molecule has 0 saturated carbocycles. The summed E-state index contributed by atoms with van der Waals surface area (Å²) in [7, 11) is 0. The highest BCUT2D eigenvalue weighted by atomic mass is 16.5. The number of rotatable bonds is 7. The molecule has 1 aliphatic heterocycles. The van der Waals surface area contributed by atoms with E-state index in [0.717, 1.165) is 13.0 Å². The summed E-state index contributed by atoms with van der Waals surface area (Å²) in [5.41, 5.74) is 1.47. The molecular weight excluding hydrogens is 184 g/mol. The first kappa shape index (κ1) is 12.8. The van der Waals surface area contributed by atoms with E-state index in [1.165, 1.54) is 37.7 Å². The molecule has 1 heteroatoms. The van der Waals surface area contributed by atoms with Crippen LogP contribution in [0.4, 0.5) is 0 Å². The van der Waals surface area contributed by atoms with Crippen molar-refractivity contribution < 1.29 is 4.74 Å². The van der Waals surface area contributed by atoms with Gasteiger partial charge in [0.25, 0.3) is 0 Å². The minimum Gasteiger partial charge on any atom is -0.374 e. The van der Waals surface area contributed by atoms with Crippen molar-refractivity contribution in [3.05, 3.63) is 12.2 Å². The van der Waals surface area contributed by atoms with Crippen molar-refractivity contribution in [2.45, 2.75) is 64.9 Å². The smallest absolute Gasteiger partial charge is 0.0738 e. The zero-order chi connectivity index (χ0) is 11.3. The van der Waals surface area contributed by atoms with E-state index in [1.807, 2.05) is 0 Å². The van der Waals surface area contributed by atoms with Crippen LogP contribution in [0.2, 0.25) is 0 Å². The molecule has 0 aromatic rings. The van der Waals surface area contributed by atoms with Crippen molar-refractivity contribution in [1.82, 2.24) is 0 Å². The van der Waals surface area contributed by atoms with Gasteiger partial charge < -0.3 is 4.74 Å². The van der Waals surface area contributed by atoms with Crippen LogP contribution in [0.3, 0.4) is 0 Å². The first-order valence-corrected chi connectivity index (χ1v) is 6.39. The van der Waals surface area contributed by atoms with Crippen LogP contribution in [0.25, 0.3) is 0 Å². The van der Waals surface area contributed by atoms with Gasteiger partial charge in [0.2, 0.25) is 0 Å². The normalized spacial score (nSPS) is 29.9. The fourth-order valence-corrected chi connectivity index (χ4v) is 2.15. The lowest BCUT2D eigenvalue weighted by atomic mass is 9.80. The first-order valence-electron chi connectivity index (χ1n) is 6.39. The van der Waals surface area contributed by atoms with Crippen molar-refractivity contribution in [2.24, 2.45) is 5.92 Å². The van der Waals surface area contributed by atoms with Gasteiger partial charge in [0.05, 0.1) is 12.2 Å². The Morgan fingerprint density at radius 3 is 2.60 bits per heavy atom. The highest BCUT2D eigenvalue weighted by Crippen LogP contribution is 2.38. The van der Waals surface area contributed by atoms with E-state index < -0.39 is 0 Å². The van der Waals surface area contributed by atoms with Gasteiger partial charge in [-0.05, 0) is 26.2 Å². The third kappa shape index (κ3) is 3.64. The molecule has 1 fully saturated rings. The van der Waals surface area contributed by atoms with Crippen LogP contribution in [-0.2, 0) is 4.74 Å². The molecule has 15 heavy (non-hydrogen) atoms. The third-order valence-corrected chi connectivity index (χ3v) is 3.69. The maximum absolute atomic E-state index is 5.67. The number of unbranched alkanes of at least 4 members (excludes halogenated alkanes) is 3. The van der Waals surface area contributed by atoms with E-state index in [-0.39, 0.29) is 5.60 Å². The molecule has 0 N–H and O–H groups in total. The van der Waals surface area contributed by atoms with Gasteiger partial charge in [-0.25, -0.2) is 0 Å². The average Bonchev–Trinajstić information content (AvgIpc) is 2.22. The summed E-state index contributed by atoms with van der Waals surface area (Å²) in [6, 6.07) is 0. The summed E-state index contributed by atoms with van der Waals surface area (Å²) >= 11 is 0. The fourth-order valence-electron chi connectivity index (χ4n) is 2.15.